The van der Waals surface area contributed by atoms with E-state index in [1.54, 1.807) is 36.0 Å². The number of hydrogen-bond acceptors (Lipinski definition) is 2. The van der Waals surface area contributed by atoms with E-state index in [2.05, 4.69) is 0 Å². The Bertz CT molecular complexity index is 520. The van der Waals surface area contributed by atoms with Crippen LogP contribution in [-0.4, -0.2) is 11.1 Å². The molecule has 0 radical (unpaired) electrons. The first-order valence-corrected chi connectivity index (χ1v) is 6.11. The molecule has 0 saturated carbocycles. The third-order valence-electron chi connectivity index (χ3n) is 2.15. The van der Waals surface area contributed by atoms with Gasteiger partial charge in [-0.1, -0.05) is 23.4 Å². The normalized spacial score (nSPS) is 10.2. The zero-order chi connectivity index (χ0) is 12.3. The van der Waals surface area contributed by atoms with E-state index < -0.39 is 5.97 Å². The van der Waals surface area contributed by atoms with Crippen molar-refractivity contribution in [2.45, 2.75) is 9.79 Å². The lowest BCUT2D eigenvalue weighted by Crippen LogP contribution is -1.94. The molecule has 0 heterocycles. The number of carboxylic acid groups (broad SMARTS) is 1. The molecule has 0 aromatic heterocycles. The highest BCUT2D eigenvalue weighted by molar-refractivity contribution is 7.99. The van der Waals surface area contributed by atoms with Crippen LogP contribution < -0.4 is 0 Å². The standard InChI is InChI=1S/C13H9ClO2S/c14-10-3-7-12(8-4-10)17-11-5-1-9(2-6-11)13(15)16/h1-8H,(H,15,16). The SMILES string of the molecule is O=C(O)c1ccc(Sc2ccc(Cl)cc2)cc1. The van der Waals surface area contributed by atoms with Crippen molar-refractivity contribution >= 4 is 29.3 Å². The third-order valence-corrected chi connectivity index (χ3v) is 3.42. The Morgan fingerprint density at radius 1 is 0.941 bits per heavy atom. The highest BCUT2D eigenvalue weighted by Crippen LogP contribution is 2.28. The molecule has 0 aliphatic rings. The summed E-state index contributed by atoms with van der Waals surface area (Å²) in [5, 5.41) is 9.48. The molecule has 0 saturated heterocycles. The van der Waals surface area contributed by atoms with Gasteiger partial charge in [-0.15, -0.1) is 0 Å². The summed E-state index contributed by atoms with van der Waals surface area (Å²) >= 11 is 7.36. The number of hydrogen-bond donors (Lipinski definition) is 1. The van der Waals surface area contributed by atoms with Gasteiger partial charge >= 0.3 is 5.97 Å². The van der Waals surface area contributed by atoms with Crippen molar-refractivity contribution in [3.05, 3.63) is 59.1 Å². The highest BCUT2D eigenvalue weighted by atomic mass is 35.5. The Kier molecular flexibility index (Phi) is 3.71. The van der Waals surface area contributed by atoms with Crippen molar-refractivity contribution in [1.29, 1.82) is 0 Å². The van der Waals surface area contributed by atoms with Gasteiger partial charge in [-0.3, -0.25) is 0 Å². The minimum Gasteiger partial charge on any atom is -0.478 e. The zero-order valence-corrected chi connectivity index (χ0v) is 10.3. The lowest BCUT2D eigenvalue weighted by atomic mass is 10.2. The molecule has 4 heteroatoms. The van der Waals surface area contributed by atoms with Gasteiger partial charge in [-0.25, -0.2) is 4.79 Å². The van der Waals surface area contributed by atoms with Crippen LogP contribution >= 0.6 is 23.4 Å². The molecule has 86 valence electrons. The topological polar surface area (TPSA) is 37.3 Å². The van der Waals surface area contributed by atoms with Crippen molar-refractivity contribution < 1.29 is 9.90 Å². The Morgan fingerprint density at radius 3 is 1.88 bits per heavy atom. The fourth-order valence-corrected chi connectivity index (χ4v) is 2.25. The maximum Gasteiger partial charge on any atom is 0.335 e. The van der Waals surface area contributed by atoms with Crippen LogP contribution in [0.25, 0.3) is 0 Å². The summed E-state index contributed by atoms with van der Waals surface area (Å²) in [4.78, 5) is 12.8. The highest BCUT2D eigenvalue weighted by Gasteiger charge is 2.02. The molecule has 2 nitrogen and oxygen atoms in total. The molecule has 2 aromatic rings. The maximum absolute atomic E-state index is 10.7. The average molecular weight is 265 g/mol. The first kappa shape index (κ1) is 12.0. The molecular formula is C13H9ClO2S. The number of aromatic carboxylic acids is 1. The Balaban J connectivity index is 2.13. The van der Waals surface area contributed by atoms with Crippen LogP contribution in [0.2, 0.25) is 5.02 Å². The van der Waals surface area contributed by atoms with Gasteiger partial charge in [0.05, 0.1) is 5.56 Å². The average Bonchev–Trinajstić information content (AvgIpc) is 2.33. The van der Waals surface area contributed by atoms with Crippen LogP contribution in [0.15, 0.2) is 58.3 Å². The number of carbonyl (C=O) groups is 1. The van der Waals surface area contributed by atoms with E-state index >= 15 is 0 Å². The molecule has 0 spiro atoms. The molecule has 0 fully saturated rings. The van der Waals surface area contributed by atoms with E-state index in [-0.39, 0.29) is 0 Å². The third kappa shape index (κ3) is 3.25. The Hall–Kier alpha value is -1.45. The van der Waals surface area contributed by atoms with Crippen LogP contribution in [0.4, 0.5) is 0 Å². The second kappa shape index (κ2) is 5.25. The van der Waals surface area contributed by atoms with Crippen molar-refractivity contribution in [3.8, 4) is 0 Å². The summed E-state index contributed by atoms with van der Waals surface area (Å²) in [7, 11) is 0. The molecular weight excluding hydrogens is 256 g/mol. The lowest BCUT2D eigenvalue weighted by Gasteiger charge is -2.02. The molecule has 0 bridgehead atoms. The largest absolute Gasteiger partial charge is 0.478 e. The van der Waals surface area contributed by atoms with Crippen LogP contribution in [0.5, 0.6) is 0 Å². The molecule has 0 aliphatic carbocycles. The lowest BCUT2D eigenvalue weighted by molar-refractivity contribution is 0.0697. The Labute approximate surface area is 108 Å². The smallest absolute Gasteiger partial charge is 0.335 e. The van der Waals surface area contributed by atoms with Crippen LogP contribution in [0, 0.1) is 0 Å². The summed E-state index contributed by atoms with van der Waals surface area (Å²) in [6.07, 6.45) is 0. The molecule has 2 aromatic carbocycles. The van der Waals surface area contributed by atoms with Gasteiger partial charge in [0.25, 0.3) is 0 Å². The van der Waals surface area contributed by atoms with Crippen LogP contribution in [-0.2, 0) is 0 Å². The van der Waals surface area contributed by atoms with Crippen molar-refractivity contribution in [2.75, 3.05) is 0 Å². The predicted octanol–water partition coefficient (Wildman–Crippen LogP) is 4.19. The van der Waals surface area contributed by atoms with Gasteiger partial charge in [0.2, 0.25) is 0 Å². The Morgan fingerprint density at radius 2 is 1.41 bits per heavy atom. The van der Waals surface area contributed by atoms with E-state index in [1.807, 2.05) is 24.3 Å². The van der Waals surface area contributed by atoms with E-state index in [0.29, 0.717) is 10.6 Å². The second-order valence-corrected chi connectivity index (χ2v) is 4.97. The zero-order valence-electron chi connectivity index (χ0n) is 8.76. The summed E-state index contributed by atoms with van der Waals surface area (Å²) in [5.74, 6) is -0.909. The van der Waals surface area contributed by atoms with Gasteiger partial charge < -0.3 is 5.11 Å². The first-order valence-electron chi connectivity index (χ1n) is 4.92. The molecule has 0 atom stereocenters. The van der Waals surface area contributed by atoms with E-state index in [1.165, 1.54) is 0 Å². The summed E-state index contributed by atoms with van der Waals surface area (Å²) in [6, 6.07) is 14.3. The quantitative estimate of drug-likeness (QED) is 0.903. The second-order valence-electron chi connectivity index (χ2n) is 3.39. The predicted molar refractivity (Wildman–Crippen MR) is 69.0 cm³/mol. The van der Waals surface area contributed by atoms with Crippen molar-refractivity contribution in [3.63, 3.8) is 0 Å². The minimum atomic E-state index is -0.909. The van der Waals surface area contributed by atoms with Gasteiger partial charge in [-0.05, 0) is 48.5 Å². The summed E-state index contributed by atoms with van der Waals surface area (Å²) in [5.41, 5.74) is 0.297. The molecule has 2 rings (SSSR count). The van der Waals surface area contributed by atoms with Gasteiger partial charge in [0.15, 0.2) is 0 Å². The number of benzene rings is 2. The van der Waals surface area contributed by atoms with Gasteiger partial charge in [-0.2, -0.15) is 0 Å². The van der Waals surface area contributed by atoms with Gasteiger partial charge in [0.1, 0.15) is 0 Å². The fourth-order valence-electron chi connectivity index (χ4n) is 1.30. The first-order chi connectivity index (χ1) is 8.15. The summed E-state index contributed by atoms with van der Waals surface area (Å²) in [6.45, 7) is 0. The van der Waals surface area contributed by atoms with Crippen LogP contribution in [0.3, 0.4) is 0 Å². The maximum atomic E-state index is 10.7. The number of halogens is 1. The van der Waals surface area contributed by atoms with E-state index in [4.69, 9.17) is 16.7 Å². The fraction of sp³-hybridized carbons (Fsp3) is 0. The monoisotopic (exact) mass is 264 g/mol. The molecule has 0 unspecified atom stereocenters. The number of carboxylic acids is 1. The molecule has 1 N–H and O–H groups in total. The molecule has 17 heavy (non-hydrogen) atoms. The molecule has 0 amide bonds. The summed E-state index contributed by atoms with van der Waals surface area (Å²) < 4.78 is 0. The van der Waals surface area contributed by atoms with Crippen molar-refractivity contribution in [2.24, 2.45) is 0 Å². The number of rotatable bonds is 3. The van der Waals surface area contributed by atoms with E-state index in [9.17, 15) is 4.79 Å². The molecule has 0 aliphatic heterocycles. The van der Waals surface area contributed by atoms with Crippen LogP contribution in [0.1, 0.15) is 10.4 Å². The van der Waals surface area contributed by atoms with Gasteiger partial charge in [0, 0.05) is 14.8 Å². The minimum absolute atomic E-state index is 0.297. The van der Waals surface area contributed by atoms with Crippen molar-refractivity contribution in [1.82, 2.24) is 0 Å². The van der Waals surface area contributed by atoms with E-state index in [0.717, 1.165) is 9.79 Å².